The van der Waals surface area contributed by atoms with Crippen molar-refractivity contribution in [2.45, 2.75) is 36.6 Å². The van der Waals surface area contributed by atoms with Gasteiger partial charge in [0.05, 0.1) is 0 Å². The zero-order valence-electron chi connectivity index (χ0n) is 17.6. The number of aryl methyl sites for hydroxylation is 2. The van der Waals surface area contributed by atoms with Crippen LogP contribution in [0.15, 0.2) is 12.7 Å². The molecule has 0 amide bonds. The number of ether oxygens (including phenoxy) is 2. The molecule has 2 rings (SSSR count). The van der Waals surface area contributed by atoms with Gasteiger partial charge in [0.1, 0.15) is 35.4 Å². The van der Waals surface area contributed by atoms with Crippen molar-refractivity contribution >= 4 is 20.0 Å². The maximum atomic E-state index is 11.2. The van der Waals surface area contributed by atoms with Crippen LogP contribution in [0.3, 0.4) is 0 Å². The Morgan fingerprint density at radius 1 is 0.800 bits per heavy atom. The maximum absolute atomic E-state index is 11.2. The van der Waals surface area contributed by atoms with E-state index in [9.17, 15) is 16.8 Å². The van der Waals surface area contributed by atoms with Crippen LogP contribution in [0, 0.1) is 0 Å². The molecule has 0 unspecified atom stereocenters. The Morgan fingerprint density at radius 3 is 1.27 bits per heavy atom. The van der Waals surface area contributed by atoms with E-state index in [1.165, 1.54) is 50.1 Å². The molecule has 0 spiro atoms. The standard InChI is InChI=1S/2C7H14N4O3S/c2*1-5(15(8,12)13)6(14-3)7-9-4-10-11(7)2/h2*4-6H,1-3H3,(H2,8,12,13)/t2*5-,6-/m10/s1. The highest BCUT2D eigenvalue weighted by Gasteiger charge is 2.32. The second kappa shape index (κ2) is 10.4. The van der Waals surface area contributed by atoms with Gasteiger partial charge >= 0.3 is 0 Å². The van der Waals surface area contributed by atoms with Gasteiger partial charge in [-0.3, -0.25) is 9.36 Å². The number of primary sulfonamides is 2. The molecule has 0 saturated carbocycles. The Kier molecular flexibility index (Phi) is 9.00. The highest BCUT2D eigenvalue weighted by molar-refractivity contribution is 7.90. The molecule has 172 valence electrons. The van der Waals surface area contributed by atoms with E-state index in [2.05, 4.69) is 20.2 Å². The second-order valence-corrected chi connectivity index (χ2v) is 10.2. The summed E-state index contributed by atoms with van der Waals surface area (Å²) in [5.41, 5.74) is 0. The lowest BCUT2D eigenvalue weighted by molar-refractivity contribution is 0.0916. The van der Waals surface area contributed by atoms with E-state index in [0.717, 1.165) is 0 Å². The second-order valence-electron chi connectivity index (χ2n) is 6.38. The molecule has 2 aromatic heterocycles. The minimum absolute atomic E-state index is 0.430. The first-order valence-corrected chi connectivity index (χ1v) is 11.7. The van der Waals surface area contributed by atoms with E-state index >= 15 is 0 Å². The van der Waals surface area contributed by atoms with Crippen molar-refractivity contribution in [2.75, 3.05) is 14.2 Å². The monoisotopic (exact) mass is 468 g/mol. The van der Waals surface area contributed by atoms with Gasteiger partial charge < -0.3 is 9.47 Å². The van der Waals surface area contributed by atoms with Gasteiger partial charge in [-0.05, 0) is 13.8 Å². The van der Waals surface area contributed by atoms with Crippen molar-refractivity contribution < 1.29 is 26.3 Å². The molecule has 0 aliphatic carbocycles. The Labute approximate surface area is 175 Å². The van der Waals surface area contributed by atoms with Crippen LogP contribution in [0.5, 0.6) is 0 Å². The molecule has 0 aromatic carbocycles. The molecule has 2 aromatic rings. The van der Waals surface area contributed by atoms with Crippen LogP contribution < -0.4 is 10.3 Å². The Hall–Kier alpha value is -1.98. The fourth-order valence-electron chi connectivity index (χ4n) is 2.48. The van der Waals surface area contributed by atoms with Gasteiger partial charge in [0.15, 0.2) is 11.6 Å². The third-order valence-electron chi connectivity index (χ3n) is 4.40. The zero-order valence-corrected chi connectivity index (χ0v) is 19.2. The van der Waals surface area contributed by atoms with E-state index in [4.69, 9.17) is 19.8 Å². The van der Waals surface area contributed by atoms with Gasteiger partial charge in [0.2, 0.25) is 20.0 Å². The molecule has 4 N–H and O–H groups in total. The molecule has 2 heterocycles. The topological polar surface area (TPSA) is 200 Å². The number of aromatic nitrogens is 6. The first kappa shape index (κ1) is 26.1. The van der Waals surface area contributed by atoms with Crippen LogP contribution in [0.25, 0.3) is 0 Å². The minimum atomic E-state index is -3.66. The van der Waals surface area contributed by atoms with E-state index in [1.54, 1.807) is 14.1 Å². The Balaban J connectivity index is 0.000000300. The van der Waals surface area contributed by atoms with Gasteiger partial charge in [0.25, 0.3) is 0 Å². The van der Waals surface area contributed by atoms with E-state index in [-0.39, 0.29) is 0 Å². The fourth-order valence-corrected chi connectivity index (χ4v) is 3.64. The third kappa shape index (κ3) is 6.51. The average Bonchev–Trinajstić information content (AvgIpc) is 3.24. The van der Waals surface area contributed by atoms with E-state index in [0.29, 0.717) is 11.6 Å². The van der Waals surface area contributed by atoms with E-state index in [1.807, 2.05) is 0 Å². The molecule has 16 heteroatoms. The molecule has 14 nitrogen and oxygen atoms in total. The predicted molar refractivity (Wildman–Crippen MR) is 107 cm³/mol. The largest absolute Gasteiger partial charge is 0.372 e. The summed E-state index contributed by atoms with van der Waals surface area (Å²) < 4.78 is 57.8. The molecule has 0 bridgehead atoms. The lowest BCUT2D eigenvalue weighted by Gasteiger charge is -2.19. The van der Waals surface area contributed by atoms with Gasteiger partial charge in [-0.1, -0.05) is 0 Å². The summed E-state index contributed by atoms with van der Waals surface area (Å²) in [5, 5.41) is 16.0. The number of nitrogens with zero attached hydrogens (tertiary/aromatic N) is 6. The number of hydrogen-bond acceptors (Lipinski definition) is 10. The van der Waals surface area contributed by atoms with Crippen molar-refractivity contribution in [3.05, 3.63) is 24.3 Å². The average molecular weight is 469 g/mol. The lowest BCUT2D eigenvalue weighted by atomic mass is 10.2. The van der Waals surface area contributed by atoms with Crippen LogP contribution in [-0.4, -0.2) is 71.1 Å². The number of sulfonamides is 2. The van der Waals surface area contributed by atoms with Gasteiger partial charge in [-0.15, -0.1) is 0 Å². The summed E-state index contributed by atoms with van der Waals surface area (Å²) in [6, 6.07) is 0. The first-order valence-electron chi connectivity index (χ1n) is 8.52. The van der Waals surface area contributed by atoms with Crippen molar-refractivity contribution in [2.24, 2.45) is 24.4 Å². The fraction of sp³-hybridized carbons (Fsp3) is 0.714. The molecule has 0 aliphatic heterocycles. The van der Waals surface area contributed by atoms with Crippen molar-refractivity contribution in [1.82, 2.24) is 29.5 Å². The molecule has 30 heavy (non-hydrogen) atoms. The molecule has 0 radical (unpaired) electrons. The highest BCUT2D eigenvalue weighted by atomic mass is 32.2. The van der Waals surface area contributed by atoms with Gasteiger partial charge in [0, 0.05) is 28.3 Å². The van der Waals surface area contributed by atoms with Gasteiger partial charge in [-0.2, -0.15) is 10.2 Å². The normalized spacial score (nSPS) is 16.3. The molecule has 0 fully saturated rings. The summed E-state index contributed by atoms with van der Waals surface area (Å²) in [5.74, 6) is 0.859. The molecule has 4 atom stereocenters. The Bertz CT molecular complexity index is 937. The smallest absolute Gasteiger partial charge is 0.214 e. The molecule has 0 saturated heterocycles. The summed E-state index contributed by atoms with van der Waals surface area (Å²) in [6.45, 7) is 2.94. The summed E-state index contributed by atoms with van der Waals surface area (Å²) in [6.07, 6.45) is 1.23. The Morgan fingerprint density at radius 2 is 1.10 bits per heavy atom. The van der Waals surface area contributed by atoms with E-state index < -0.39 is 42.8 Å². The zero-order chi connectivity index (χ0) is 23.3. The molecular formula is C14H28N8O6S2. The lowest BCUT2D eigenvalue weighted by Crippen LogP contribution is -2.33. The quantitative estimate of drug-likeness (QED) is 0.452. The number of rotatable bonds is 8. The summed E-state index contributed by atoms with van der Waals surface area (Å²) >= 11 is 0. The minimum Gasteiger partial charge on any atom is -0.372 e. The SMILES string of the molecule is CO[C@@H](c1ncnn1C)[C@@H](C)S(N)(=O)=O.CO[C@H](c1ncnn1C)[C@H](C)S(N)(=O)=O. The first-order chi connectivity index (χ1) is 13.8. The molecule has 0 aliphatic rings. The number of hydrogen-bond donors (Lipinski definition) is 2. The van der Waals surface area contributed by atoms with Crippen molar-refractivity contribution in [3.63, 3.8) is 0 Å². The van der Waals surface area contributed by atoms with Crippen molar-refractivity contribution in [3.8, 4) is 0 Å². The van der Waals surface area contributed by atoms with Crippen LogP contribution in [-0.2, 0) is 43.6 Å². The van der Waals surface area contributed by atoms with Crippen molar-refractivity contribution in [1.29, 1.82) is 0 Å². The van der Waals surface area contributed by atoms with Crippen LogP contribution in [0.1, 0.15) is 37.7 Å². The van der Waals surface area contributed by atoms with Crippen LogP contribution >= 0.6 is 0 Å². The maximum Gasteiger partial charge on any atom is 0.214 e. The summed E-state index contributed by atoms with van der Waals surface area (Å²) in [4.78, 5) is 7.86. The van der Waals surface area contributed by atoms with Crippen LogP contribution in [0.4, 0.5) is 0 Å². The highest BCUT2D eigenvalue weighted by Crippen LogP contribution is 2.22. The van der Waals surface area contributed by atoms with Crippen LogP contribution in [0.2, 0.25) is 0 Å². The van der Waals surface area contributed by atoms with Gasteiger partial charge in [-0.25, -0.2) is 37.1 Å². The number of nitrogens with two attached hydrogens (primary N) is 2. The summed E-state index contributed by atoms with van der Waals surface area (Å²) in [7, 11) is -1.20. The predicted octanol–water partition coefficient (Wildman–Crippen LogP) is -1.64. The number of methoxy groups -OCH3 is 2. The molecular weight excluding hydrogens is 440 g/mol. The third-order valence-corrected chi connectivity index (χ3v) is 6.97.